The van der Waals surface area contributed by atoms with Gasteiger partial charge < -0.3 is 14.4 Å². The lowest BCUT2D eigenvalue weighted by Crippen LogP contribution is -2.41. The highest BCUT2D eigenvalue weighted by atomic mass is 16.6. The third-order valence-electron chi connectivity index (χ3n) is 5.32. The van der Waals surface area contributed by atoms with Crippen LogP contribution in [0.1, 0.15) is 27.9 Å². The van der Waals surface area contributed by atoms with Gasteiger partial charge in [-0.1, -0.05) is 48.5 Å². The molecule has 1 unspecified atom stereocenters. The van der Waals surface area contributed by atoms with Crippen LogP contribution in [0, 0.1) is 0 Å². The van der Waals surface area contributed by atoms with Crippen LogP contribution in [0.15, 0.2) is 78.9 Å². The van der Waals surface area contributed by atoms with Crippen LogP contribution in [0.2, 0.25) is 0 Å². The molecule has 0 bridgehead atoms. The molecule has 148 valence electrons. The normalized spacial score (nSPS) is 18.2. The standard InChI is InChI=1S/C25H25NO3/c1-26(2)17-16-25(18-19-8-6-7-11-23(19)24(27)29-25)20-12-14-22(15-13-20)28-21-9-4-3-5-10-21/h3-15H,16-18H2,1-2H3. The molecule has 0 saturated heterocycles. The number of esters is 1. The van der Waals surface area contributed by atoms with Crippen LogP contribution >= 0.6 is 0 Å². The van der Waals surface area contributed by atoms with E-state index in [1.807, 2.05) is 93.0 Å². The van der Waals surface area contributed by atoms with Crippen LogP contribution in [0.25, 0.3) is 0 Å². The molecule has 0 spiro atoms. The quantitative estimate of drug-likeness (QED) is 0.556. The average Bonchev–Trinajstić information content (AvgIpc) is 2.74. The van der Waals surface area contributed by atoms with E-state index in [1.165, 1.54) is 0 Å². The summed E-state index contributed by atoms with van der Waals surface area (Å²) in [7, 11) is 4.06. The number of hydrogen-bond acceptors (Lipinski definition) is 4. The largest absolute Gasteiger partial charge is 0.457 e. The van der Waals surface area contributed by atoms with Crippen molar-refractivity contribution in [3.8, 4) is 11.5 Å². The second-order valence-electron chi connectivity index (χ2n) is 7.71. The number of rotatable bonds is 6. The summed E-state index contributed by atoms with van der Waals surface area (Å²) in [4.78, 5) is 14.9. The van der Waals surface area contributed by atoms with Crippen molar-refractivity contribution in [2.24, 2.45) is 0 Å². The van der Waals surface area contributed by atoms with Gasteiger partial charge in [0.15, 0.2) is 0 Å². The maximum Gasteiger partial charge on any atom is 0.339 e. The molecular formula is C25H25NO3. The van der Waals surface area contributed by atoms with Gasteiger partial charge in [-0.3, -0.25) is 0 Å². The lowest BCUT2D eigenvalue weighted by atomic mass is 9.80. The Morgan fingerprint density at radius 2 is 1.55 bits per heavy atom. The minimum absolute atomic E-state index is 0.254. The van der Waals surface area contributed by atoms with Gasteiger partial charge in [-0.25, -0.2) is 4.79 Å². The highest BCUT2D eigenvalue weighted by molar-refractivity contribution is 5.92. The molecule has 4 heteroatoms. The summed E-state index contributed by atoms with van der Waals surface area (Å²) >= 11 is 0. The molecule has 4 rings (SSSR count). The van der Waals surface area contributed by atoms with Crippen molar-refractivity contribution in [1.29, 1.82) is 0 Å². The first-order valence-corrected chi connectivity index (χ1v) is 9.85. The van der Waals surface area contributed by atoms with Crippen molar-refractivity contribution in [2.75, 3.05) is 20.6 Å². The van der Waals surface area contributed by atoms with E-state index in [0.29, 0.717) is 12.0 Å². The van der Waals surface area contributed by atoms with E-state index in [2.05, 4.69) is 4.90 Å². The molecule has 1 atom stereocenters. The van der Waals surface area contributed by atoms with Gasteiger partial charge in [0.25, 0.3) is 0 Å². The van der Waals surface area contributed by atoms with Crippen molar-refractivity contribution in [3.63, 3.8) is 0 Å². The molecule has 0 fully saturated rings. The second kappa shape index (κ2) is 8.10. The number of carbonyl (C=O) groups excluding carboxylic acids is 1. The molecule has 0 aromatic heterocycles. The van der Waals surface area contributed by atoms with E-state index in [4.69, 9.17) is 9.47 Å². The minimum Gasteiger partial charge on any atom is -0.457 e. The molecule has 1 heterocycles. The molecule has 3 aromatic rings. The Morgan fingerprint density at radius 3 is 2.28 bits per heavy atom. The number of cyclic esters (lactones) is 1. The van der Waals surface area contributed by atoms with E-state index >= 15 is 0 Å². The van der Waals surface area contributed by atoms with Gasteiger partial charge in [-0.15, -0.1) is 0 Å². The summed E-state index contributed by atoms with van der Waals surface area (Å²) in [5.41, 5.74) is 2.01. The van der Waals surface area contributed by atoms with Gasteiger partial charge in [-0.05, 0) is 55.6 Å². The number of ether oxygens (including phenoxy) is 2. The molecule has 4 nitrogen and oxygen atoms in total. The summed E-state index contributed by atoms with van der Waals surface area (Å²) in [6.45, 7) is 0.817. The van der Waals surface area contributed by atoms with Crippen LogP contribution < -0.4 is 4.74 Å². The van der Waals surface area contributed by atoms with Crippen LogP contribution in [0.5, 0.6) is 11.5 Å². The average molecular weight is 387 g/mol. The maximum absolute atomic E-state index is 12.8. The minimum atomic E-state index is -0.680. The van der Waals surface area contributed by atoms with Crippen LogP contribution in [0.4, 0.5) is 0 Å². The third-order valence-corrected chi connectivity index (χ3v) is 5.32. The maximum atomic E-state index is 12.8. The monoisotopic (exact) mass is 387 g/mol. The fourth-order valence-electron chi connectivity index (χ4n) is 3.75. The fourth-order valence-corrected chi connectivity index (χ4v) is 3.75. The number of carbonyl (C=O) groups is 1. The summed E-state index contributed by atoms with van der Waals surface area (Å²) in [5, 5.41) is 0. The summed E-state index contributed by atoms with van der Waals surface area (Å²) in [6, 6.07) is 25.3. The highest BCUT2D eigenvalue weighted by Gasteiger charge is 2.41. The third kappa shape index (κ3) is 4.17. The van der Waals surface area contributed by atoms with E-state index in [-0.39, 0.29) is 5.97 Å². The van der Waals surface area contributed by atoms with Crippen LogP contribution in [-0.4, -0.2) is 31.5 Å². The van der Waals surface area contributed by atoms with E-state index in [9.17, 15) is 4.79 Å². The molecule has 1 aliphatic rings. The van der Waals surface area contributed by atoms with E-state index in [0.717, 1.165) is 35.6 Å². The first kappa shape index (κ1) is 19.2. The predicted molar refractivity (Wildman–Crippen MR) is 113 cm³/mol. The zero-order chi connectivity index (χ0) is 20.3. The number of para-hydroxylation sites is 1. The van der Waals surface area contributed by atoms with Gasteiger partial charge in [0, 0.05) is 19.4 Å². The molecule has 1 aliphatic heterocycles. The first-order chi connectivity index (χ1) is 14.1. The lowest BCUT2D eigenvalue weighted by molar-refractivity contribution is -0.0355. The molecule has 29 heavy (non-hydrogen) atoms. The van der Waals surface area contributed by atoms with Gasteiger partial charge in [-0.2, -0.15) is 0 Å². The number of benzene rings is 3. The highest BCUT2D eigenvalue weighted by Crippen LogP contribution is 2.40. The molecule has 0 aliphatic carbocycles. The number of hydrogen-bond donors (Lipinski definition) is 0. The Hall–Kier alpha value is -3.11. The summed E-state index contributed by atoms with van der Waals surface area (Å²) in [6.07, 6.45) is 1.39. The zero-order valence-corrected chi connectivity index (χ0v) is 16.8. The van der Waals surface area contributed by atoms with Gasteiger partial charge in [0.05, 0.1) is 5.56 Å². The van der Waals surface area contributed by atoms with Crippen molar-refractivity contribution in [3.05, 3.63) is 95.6 Å². The Bertz CT molecular complexity index is 982. The first-order valence-electron chi connectivity index (χ1n) is 9.85. The summed E-state index contributed by atoms with van der Waals surface area (Å²) < 4.78 is 12.0. The molecule has 0 amide bonds. The van der Waals surface area contributed by atoms with Gasteiger partial charge >= 0.3 is 5.97 Å². The molecule has 3 aromatic carbocycles. The van der Waals surface area contributed by atoms with Crippen molar-refractivity contribution < 1.29 is 14.3 Å². The smallest absolute Gasteiger partial charge is 0.339 e. The second-order valence-corrected chi connectivity index (χ2v) is 7.71. The Labute approximate surface area is 171 Å². The molecular weight excluding hydrogens is 362 g/mol. The summed E-state index contributed by atoms with van der Waals surface area (Å²) in [5.74, 6) is 1.29. The Kier molecular flexibility index (Phi) is 5.36. The van der Waals surface area contributed by atoms with E-state index in [1.54, 1.807) is 0 Å². The predicted octanol–water partition coefficient (Wildman–Crippen LogP) is 5.04. The molecule has 0 N–H and O–H groups in total. The van der Waals surface area contributed by atoms with Gasteiger partial charge in [0.1, 0.15) is 17.1 Å². The zero-order valence-electron chi connectivity index (χ0n) is 16.8. The fraction of sp³-hybridized carbons (Fsp3) is 0.240. The Balaban J connectivity index is 1.64. The number of fused-ring (bicyclic) bond motifs is 1. The van der Waals surface area contributed by atoms with Crippen LogP contribution in [0.3, 0.4) is 0 Å². The molecule has 0 radical (unpaired) electrons. The lowest BCUT2D eigenvalue weighted by Gasteiger charge is -2.39. The topological polar surface area (TPSA) is 38.8 Å². The van der Waals surface area contributed by atoms with Crippen molar-refractivity contribution in [2.45, 2.75) is 18.4 Å². The van der Waals surface area contributed by atoms with E-state index < -0.39 is 5.60 Å². The molecule has 0 saturated carbocycles. The van der Waals surface area contributed by atoms with Crippen molar-refractivity contribution in [1.82, 2.24) is 4.90 Å². The Morgan fingerprint density at radius 1 is 0.897 bits per heavy atom. The SMILES string of the molecule is CN(C)CCC1(c2ccc(Oc3ccccc3)cc2)Cc2ccccc2C(=O)O1. The van der Waals surface area contributed by atoms with Crippen LogP contribution in [-0.2, 0) is 16.8 Å². The number of nitrogens with zero attached hydrogens (tertiary/aromatic N) is 1. The van der Waals surface area contributed by atoms with Gasteiger partial charge in [0.2, 0.25) is 0 Å². The van der Waals surface area contributed by atoms with Crippen molar-refractivity contribution >= 4 is 5.97 Å².